The van der Waals surface area contributed by atoms with E-state index in [4.69, 9.17) is 17.0 Å². The number of hydrogen-bond donors (Lipinski definition) is 3. The second kappa shape index (κ2) is 8.74. The molecule has 0 heterocycles. The highest BCUT2D eigenvalue weighted by Gasteiger charge is 2.15. The van der Waals surface area contributed by atoms with E-state index in [1.807, 2.05) is 27.7 Å². The summed E-state index contributed by atoms with van der Waals surface area (Å²) in [5.41, 5.74) is -0.464. The van der Waals surface area contributed by atoms with Crippen LogP contribution in [0.25, 0.3) is 0 Å². The molecule has 0 aliphatic rings. The fourth-order valence-electron chi connectivity index (χ4n) is 1.11. The third kappa shape index (κ3) is 11.5. The van der Waals surface area contributed by atoms with Crippen molar-refractivity contribution < 1.29 is 9.53 Å². The van der Waals surface area contributed by atoms with Gasteiger partial charge in [-0.3, -0.25) is 0 Å². The van der Waals surface area contributed by atoms with E-state index in [0.29, 0.717) is 18.2 Å². The van der Waals surface area contributed by atoms with Crippen molar-refractivity contribution in [3.63, 3.8) is 0 Å². The van der Waals surface area contributed by atoms with Crippen LogP contribution in [0, 0.1) is 0 Å². The van der Waals surface area contributed by atoms with Crippen LogP contribution in [0.15, 0.2) is 12.7 Å². The molecule has 110 valence electrons. The molecule has 0 radical (unpaired) electrons. The van der Waals surface area contributed by atoms with Crippen LogP contribution in [0.3, 0.4) is 0 Å². The second-order valence-electron chi connectivity index (χ2n) is 5.21. The zero-order valence-electron chi connectivity index (χ0n) is 12.2. The Kier molecular flexibility index (Phi) is 8.14. The minimum atomic E-state index is -0.464. The van der Waals surface area contributed by atoms with E-state index in [2.05, 4.69) is 22.5 Å². The minimum Gasteiger partial charge on any atom is -0.444 e. The lowest BCUT2D eigenvalue weighted by atomic mass is 10.2. The van der Waals surface area contributed by atoms with Gasteiger partial charge in [0.15, 0.2) is 5.11 Å². The van der Waals surface area contributed by atoms with E-state index in [-0.39, 0.29) is 6.04 Å². The molecule has 0 saturated heterocycles. The van der Waals surface area contributed by atoms with E-state index in [9.17, 15) is 4.79 Å². The second-order valence-corrected chi connectivity index (χ2v) is 5.62. The van der Waals surface area contributed by atoms with Gasteiger partial charge >= 0.3 is 6.09 Å². The summed E-state index contributed by atoms with van der Waals surface area (Å²) >= 11 is 5.09. The molecule has 0 saturated carbocycles. The predicted octanol–water partition coefficient (Wildman–Crippen LogP) is 1.94. The van der Waals surface area contributed by atoms with Crippen LogP contribution < -0.4 is 16.0 Å². The minimum absolute atomic E-state index is 0.139. The van der Waals surface area contributed by atoms with Crippen molar-refractivity contribution >= 4 is 23.4 Å². The van der Waals surface area contributed by atoms with Crippen LogP contribution in [-0.4, -0.2) is 35.9 Å². The first-order chi connectivity index (χ1) is 8.74. The Hall–Kier alpha value is -1.30. The molecule has 0 aromatic rings. The lowest BCUT2D eigenvalue weighted by molar-refractivity contribution is 0.0527. The van der Waals surface area contributed by atoms with Gasteiger partial charge in [0, 0.05) is 19.1 Å². The molecule has 0 aromatic carbocycles. The Bertz CT molecular complexity index is 314. The van der Waals surface area contributed by atoms with Gasteiger partial charge in [0.1, 0.15) is 5.60 Å². The lowest BCUT2D eigenvalue weighted by Gasteiger charge is -2.19. The number of amides is 1. The molecule has 1 atom stereocenters. The maximum Gasteiger partial charge on any atom is 0.407 e. The summed E-state index contributed by atoms with van der Waals surface area (Å²) in [6.07, 6.45) is 2.15. The Labute approximate surface area is 121 Å². The van der Waals surface area contributed by atoms with Gasteiger partial charge < -0.3 is 20.7 Å². The molecule has 19 heavy (non-hydrogen) atoms. The Balaban J connectivity index is 3.57. The van der Waals surface area contributed by atoms with Crippen molar-refractivity contribution in [2.24, 2.45) is 0 Å². The van der Waals surface area contributed by atoms with Crippen LogP contribution in [0.2, 0.25) is 0 Å². The van der Waals surface area contributed by atoms with Crippen LogP contribution >= 0.6 is 12.2 Å². The molecule has 0 fully saturated rings. The van der Waals surface area contributed by atoms with Crippen molar-refractivity contribution in [3.05, 3.63) is 12.7 Å². The number of alkyl carbamates (subject to hydrolysis) is 1. The normalized spacial score (nSPS) is 12.2. The van der Waals surface area contributed by atoms with Gasteiger partial charge in [0.05, 0.1) is 0 Å². The molecular formula is C13H25N3O2S. The van der Waals surface area contributed by atoms with Crippen LogP contribution in [0.4, 0.5) is 4.79 Å². The summed E-state index contributed by atoms with van der Waals surface area (Å²) in [7, 11) is 0. The summed E-state index contributed by atoms with van der Waals surface area (Å²) in [5, 5.41) is 9.37. The average Bonchev–Trinajstić information content (AvgIpc) is 2.25. The lowest BCUT2D eigenvalue weighted by Crippen LogP contribution is -2.41. The van der Waals surface area contributed by atoms with E-state index in [1.165, 1.54) is 0 Å². The quantitative estimate of drug-likeness (QED) is 0.396. The summed E-state index contributed by atoms with van der Waals surface area (Å²) in [4.78, 5) is 11.3. The van der Waals surface area contributed by atoms with E-state index >= 15 is 0 Å². The first-order valence-corrected chi connectivity index (χ1v) is 6.79. The van der Waals surface area contributed by atoms with E-state index in [1.54, 1.807) is 6.08 Å². The number of rotatable bonds is 6. The summed E-state index contributed by atoms with van der Waals surface area (Å²) in [6, 6.07) is 0.139. The van der Waals surface area contributed by atoms with Gasteiger partial charge in [0.2, 0.25) is 0 Å². The number of thiocarbonyl (C=S) groups is 1. The summed E-state index contributed by atoms with van der Waals surface area (Å²) in [6.45, 7) is 12.4. The standard InChI is InChI=1S/C13H25N3O2S/c1-6-10(2)16-11(19)14-8-7-9-15-12(17)18-13(3,4)5/h6,10H,1,7-9H2,2-5H3,(H,15,17)(H2,14,16,19). The molecule has 1 amide bonds. The van der Waals surface area contributed by atoms with Crippen molar-refractivity contribution in [1.82, 2.24) is 16.0 Å². The largest absolute Gasteiger partial charge is 0.444 e. The fraction of sp³-hybridized carbons (Fsp3) is 0.692. The topological polar surface area (TPSA) is 62.4 Å². The SMILES string of the molecule is C=CC(C)NC(=S)NCCCNC(=O)OC(C)(C)C. The molecule has 0 aliphatic heterocycles. The number of carbonyl (C=O) groups is 1. The number of ether oxygens (including phenoxy) is 1. The molecule has 5 nitrogen and oxygen atoms in total. The molecule has 0 aromatic heterocycles. The molecule has 0 bridgehead atoms. The number of hydrogen-bond acceptors (Lipinski definition) is 3. The zero-order valence-corrected chi connectivity index (χ0v) is 13.0. The number of carbonyl (C=O) groups excluding carboxylic acids is 1. The monoisotopic (exact) mass is 287 g/mol. The van der Waals surface area contributed by atoms with E-state index < -0.39 is 11.7 Å². The Morgan fingerprint density at radius 3 is 2.47 bits per heavy atom. The van der Waals surface area contributed by atoms with Gasteiger partial charge in [0.25, 0.3) is 0 Å². The first-order valence-electron chi connectivity index (χ1n) is 6.38. The van der Waals surface area contributed by atoms with Crippen LogP contribution in [-0.2, 0) is 4.74 Å². The molecule has 0 rings (SSSR count). The van der Waals surface area contributed by atoms with Crippen molar-refractivity contribution in [2.45, 2.75) is 45.8 Å². The maximum absolute atomic E-state index is 11.3. The van der Waals surface area contributed by atoms with Crippen molar-refractivity contribution in [3.8, 4) is 0 Å². The van der Waals surface area contributed by atoms with Crippen LogP contribution in [0.5, 0.6) is 0 Å². The zero-order chi connectivity index (χ0) is 14.9. The van der Waals surface area contributed by atoms with Gasteiger partial charge in [-0.05, 0) is 46.3 Å². The molecular weight excluding hydrogens is 262 g/mol. The Morgan fingerprint density at radius 2 is 1.95 bits per heavy atom. The first kappa shape index (κ1) is 17.7. The molecule has 0 spiro atoms. The Morgan fingerprint density at radius 1 is 1.37 bits per heavy atom. The maximum atomic E-state index is 11.3. The number of nitrogens with one attached hydrogen (secondary N) is 3. The molecule has 1 unspecified atom stereocenters. The van der Waals surface area contributed by atoms with Gasteiger partial charge in [-0.1, -0.05) is 6.08 Å². The average molecular weight is 287 g/mol. The van der Waals surface area contributed by atoms with Gasteiger partial charge in [-0.2, -0.15) is 0 Å². The molecule has 0 aliphatic carbocycles. The summed E-state index contributed by atoms with van der Waals surface area (Å²) < 4.78 is 5.11. The fourth-order valence-corrected chi connectivity index (χ4v) is 1.40. The van der Waals surface area contributed by atoms with Crippen molar-refractivity contribution in [1.29, 1.82) is 0 Å². The van der Waals surface area contributed by atoms with Gasteiger partial charge in [-0.25, -0.2) is 4.79 Å². The van der Waals surface area contributed by atoms with Gasteiger partial charge in [-0.15, -0.1) is 6.58 Å². The smallest absolute Gasteiger partial charge is 0.407 e. The van der Waals surface area contributed by atoms with Crippen molar-refractivity contribution in [2.75, 3.05) is 13.1 Å². The highest BCUT2D eigenvalue weighted by Crippen LogP contribution is 2.06. The van der Waals surface area contributed by atoms with Crippen LogP contribution in [0.1, 0.15) is 34.1 Å². The van der Waals surface area contributed by atoms with E-state index in [0.717, 1.165) is 6.42 Å². The molecule has 3 N–H and O–H groups in total. The summed E-state index contributed by atoms with van der Waals surface area (Å²) in [5.74, 6) is 0. The predicted molar refractivity (Wildman–Crippen MR) is 82.2 cm³/mol. The highest BCUT2D eigenvalue weighted by atomic mass is 32.1. The third-order valence-corrected chi connectivity index (χ3v) is 2.28. The highest BCUT2D eigenvalue weighted by molar-refractivity contribution is 7.80. The molecule has 6 heteroatoms. The third-order valence-electron chi connectivity index (χ3n) is 2.02.